The fraction of sp³-hybridized carbons (Fsp3) is 0.0526. The molecule has 0 unspecified atom stereocenters. The van der Waals surface area contributed by atoms with Crippen LogP contribution in [-0.4, -0.2) is 23.3 Å². The number of aromatic nitrogens is 2. The van der Waals surface area contributed by atoms with Crippen molar-refractivity contribution in [1.82, 2.24) is 9.97 Å². The van der Waals surface area contributed by atoms with Crippen LogP contribution >= 0.6 is 7.14 Å². The molecule has 0 radical (unpaired) electrons. The van der Waals surface area contributed by atoms with Crippen LogP contribution in [-0.2, 0) is 4.57 Å². The largest absolute Gasteiger partial charge is 0.319 e. The van der Waals surface area contributed by atoms with Gasteiger partial charge in [-0.2, -0.15) is 0 Å². The molecule has 3 nitrogen and oxygen atoms in total. The second-order valence-corrected chi connectivity index (χ2v) is 14.2. The summed E-state index contributed by atoms with van der Waals surface area (Å²) in [4.78, 5) is 10.2. The normalized spacial score (nSPS) is 11.7. The Bertz CT molecular complexity index is 2130. The van der Waals surface area contributed by atoms with Gasteiger partial charge in [-0.1, -0.05) is 121 Å². The van der Waals surface area contributed by atoms with Gasteiger partial charge in [0.05, 0.1) is 11.2 Å². The van der Waals surface area contributed by atoms with Crippen molar-refractivity contribution >= 4 is 34.1 Å². The minimum atomic E-state index is -2.32. The van der Waals surface area contributed by atoms with Crippen LogP contribution in [0.5, 0.6) is 0 Å². The number of hydrogen-bond acceptors (Lipinski definition) is 3. The summed E-state index contributed by atoms with van der Waals surface area (Å²) in [5.74, 6) is 0.718. The van der Waals surface area contributed by atoms with E-state index in [-0.39, 0.29) is 0 Å². The van der Waals surface area contributed by atoms with E-state index < -0.39 is 7.14 Å². The Hall–Kier alpha value is -4.85. The standard InChI is InChI=1S/C38H29N2OP/c1-42(2,41)33-16-9-14-31(25-33)27-20-18-26(19-21-27)30-13-8-15-32(24-30)36-35-23-22-28-10-6-7-17-34(28)37(35)40-38(39-36)29-11-4-3-5-12-29/h3-25H,1-2H3. The number of fused-ring (bicyclic) bond motifs is 3. The summed E-state index contributed by atoms with van der Waals surface area (Å²) in [6, 6.07) is 48.1. The number of nitrogens with zero attached hydrogens (tertiary/aromatic N) is 2. The molecule has 0 saturated heterocycles. The van der Waals surface area contributed by atoms with E-state index in [0.29, 0.717) is 0 Å². The molecule has 1 aromatic heterocycles. The predicted octanol–water partition coefficient (Wildman–Crippen LogP) is 9.70. The van der Waals surface area contributed by atoms with Crippen molar-refractivity contribution in [2.45, 2.75) is 0 Å². The van der Waals surface area contributed by atoms with E-state index in [1.165, 1.54) is 0 Å². The van der Waals surface area contributed by atoms with Crippen LogP contribution in [0.4, 0.5) is 0 Å². The maximum absolute atomic E-state index is 12.6. The molecule has 0 fully saturated rings. The summed E-state index contributed by atoms with van der Waals surface area (Å²) in [6.07, 6.45) is 0. The van der Waals surface area contributed by atoms with Crippen molar-refractivity contribution in [3.8, 4) is 44.9 Å². The Morgan fingerprint density at radius 2 is 1.10 bits per heavy atom. The van der Waals surface area contributed by atoms with E-state index in [4.69, 9.17) is 9.97 Å². The lowest BCUT2D eigenvalue weighted by Crippen LogP contribution is -2.02. The highest BCUT2D eigenvalue weighted by Gasteiger charge is 2.15. The Morgan fingerprint density at radius 1 is 0.476 bits per heavy atom. The van der Waals surface area contributed by atoms with Gasteiger partial charge in [0.2, 0.25) is 0 Å². The van der Waals surface area contributed by atoms with Gasteiger partial charge in [-0.15, -0.1) is 0 Å². The van der Waals surface area contributed by atoms with Gasteiger partial charge < -0.3 is 4.57 Å². The van der Waals surface area contributed by atoms with Crippen LogP contribution in [0, 0.1) is 0 Å². The highest BCUT2D eigenvalue weighted by Crippen LogP contribution is 2.37. The molecule has 0 N–H and O–H groups in total. The summed E-state index contributed by atoms with van der Waals surface area (Å²) >= 11 is 0. The van der Waals surface area contributed by atoms with Crippen LogP contribution in [0.2, 0.25) is 0 Å². The molecule has 0 aliphatic carbocycles. The summed E-state index contributed by atoms with van der Waals surface area (Å²) in [5, 5.41) is 4.21. The SMILES string of the molecule is CP(C)(=O)c1cccc(-c2ccc(-c3cccc(-c4nc(-c5ccccc5)nc5c4ccc4ccccc45)c3)cc2)c1. The van der Waals surface area contributed by atoms with Crippen molar-refractivity contribution in [3.63, 3.8) is 0 Å². The smallest absolute Gasteiger partial charge is 0.160 e. The number of hydrogen-bond donors (Lipinski definition) is 0. The molecule has 0 atom stereocenters. The average Bonchev–Trinajstić information content (AvgIpc) is 3.04. The minimum Gasteiger partial charge on any atom is -0.319 e. The third kappa shape index (κ3) is 4.93. The molecule has 0 aliphatic rings. The van der Waals surface area contributed by atoms with Gasteiger partial charge >= 0.3 is 0 Å². The average molecular weight is 561 g/mol. The van der Waals surface area contributed by atoms with E-state index in [9.17, 15) is 4.57 Å². The minimum absolute atomic E-state index is 0.718. The molecule has 0 amide bonds. The molecule has 0 aliphatic heterocycles. The van der Waals surface area contributed by atoms with Gasteiger partial charge in [-0.25, -0.2) is 9.97 Å². The predicted molar refractivity (Wildman–Crippen MR) is 178 cm³/mol. The molecule has 202 valence electrons. The van der Waals surface area contributed by atoms with Gasteiger partial charge in [0.1, 0.15) is 7.14 Å². The van der Waals surface area contributed by atoms with Crippen LogP contribution in [0.3, 0.4) is 0 Å². The quantitative estimate of drug-likeness (QED) is 0.155. The Kier molecular flexibility index (Phi) is 6.53. The third-order valence-corrected chi connectivity index (χ3v) is 9.30. The van der Waals surface area contributed by atoms with Crippen molar-refractivity contribution in [3.05, 3.63) is 140 Å². The highest BCUT2D eigenvalue weighted by molar-refractivity contribution is 7.70. The second-order valence-electron chi connectivity index (χ2n) is 11.0. The molecular formula is C38H29N2OP. The number of rotatable bonds is 5. The fourth-order valence-electron chi connectivity index (χ4n) is 5.52. The Balaban J connectivity index is 1.33. The Labute approximate surface area is 245 Å². The molecule has 4 heteroatoms. The van der Waals surface area contributed by atoms with Crippen LogP contribution in [0.1, 0.15) is 0 Å². The third-order valence-electron chi connectivity index (χ3n) is 7.78. The van der Waals surface area contributed by atoms with Crippen molar-refractivity contribution in [2.24, 2.45) is 0 Å². The Morgan fingerprint density at radius 3 is 1.83 bits per heavy atom. The summed E-state index contributed by atoms with van der Waals surface area (Å²) in [6.45, 7) is 3.63. The van der Waals surface area contributed by atoms with Gasteiger partial charge in [0, 0.05) is 27.2 Å². The first-order valence-corrected chi connectivity index (χ1v) is 16.7. The second kappa shape index (κ2) is 10.5. The molecule has 7 rings (SSSR count). The lowest BCUT2D eigenvalue weighted by atomic mass is 9.96. The molecule has 1 heterocycles. The lowest BCUT2D eigenvalue weighted by Gasteiger charge is -2.13. The van der Waals surface area contributed by atoms with Gasteiger partial charge in [-0.05, 0) is 59.2 Å². The molecule has 0 bridgehead atoms. The van der Waals surface area contributed by atoms with Crippen LogP contribution in [0.25, 0.3) is 66.6 Å². The van der Waals surface area contributed by atoms with E-state index in [2.05, 4.69) is 103 Å². The van der Waals surface area contributed by atoms with Gasteiger partial charge in [0.25, 0.3) is 0 Å². The first-order chi connectivity index (χ1) is 20.4. The zero-order valence-corrected chi connectivity index (χ0v) is 24.4. The maximum atomic E-state index is 12.6. The van der Waals surface area contributed by atoms with E-state index >= 15 is 0 Å². The summed E-state index contributed by atoms with van der Waals surface area (Å²) < 4.78 is 12.6. The van der Waals surface area contributed by atoms with Gasteiger partial charge in [-0.3, -0.25) is 0 Å². The highest BCUT2D eigenvalue weighted by atomic mass is 31.2. The molecule has 6 aromatic carbocycles. The zero-order valence-electron chi connectivity index (χ0n) is 23.5. The van der Waals surface area contributed by atoms with E-state index in [1.807, 2.05) is 49.7 Å². The first-order valence-electron chi connectivity index (χ1n) is 14.1. The first kappa shape index (κ1) is 26.1. The van der Waals surface area contributed by atoms with Gasteiger partial charge in [0.15, 0.2) is 5.82 Å². The van der Waals surface area contributed by atoms with Crippen molar-refractivity contribution in [1.29, 1.82) is 0 Å². The lowest BCUT2D eigenvalue weighted by molar-refractivity contribution is 0.588. The summed E-state index contributed by atoms with van der Waals surface area (Å²) in [5.41, 5.74) is 8.34. The maximum Gasteiger partial charge on any atom is 0.160 e. The molecular weight excluding hydrogens is 531 g/mol. The van der Waals surface area contributed by atoms with Crippen LogP contribution in [0.15, 0.2) is 140 Å². The fourth-order valence-corrected chi connectivity index (χ4v) is 6.42. The summed E-state index contributed by atoms with van der Waals surface area (Å²) in [7, 11) is -2.32. The van der Waals surface area contributed by atoms with Crippen molar-refractivity contribution in [2.75, 3.05) is 13.3 Å². The molecule has 0 spiro atoms. The van der Waals surface area contributed by atoms with E-state index in [1.54, 1.807) is 0 Å². The zero-order chi connectivity index (χ0) is 28.7. The number of benzene rings is 6. The molecule has 0 saturated carbocycles. The monoisotopic (exact) mass is 560 g/mol. The molecule has 42 heavy (non-hydrogen) atoms. The van der Waals surface area contributed by atoms with Crippen molar-refractivity contribution < 1.29 is 4.57 Å². The topological polar surface area (TPSA) is 42.9 Å². The van der Waals surface area contributed by atoms with Crippen LogP contribution < -0.4 is 5.30 Å². The molecule has 7 aromatic rings. The van der Waals surface area contributed by atoms with E-state index in [0.717, 1.165) is 71.9 Å².